The first kappa shape index (κ1) is 61.6. The molecule has 2 heterocycles. The van der Waals surface area contributed by atoms with E-state index < -0.39 is 70.3 Å². The first-order valence-electron chi connectivity index (χ1n) is 23.6. The largest absolute Gasteiger partial charge is 0.501 e. The average Bonchev–Trinajstić information content (AvgIpc) is 3.35. The topological polar surface area (TPSA) is 214 Å². The Kier molecular flexibility index (Phi) is 22.3. The number of nitrogens with zero attached hydrogens (tertiary/aromatic N) is 2. The number of hydrogen-bond acceptors (Lipinski definition) is 14. The monoisotopic (exact) mass is 1160 g/mol. The van der Waals surface area contributed by atoms with Crippen LogP contribution in [-0.4, -0.2) is 131 Å². The van der Waals surface area contributed by atoms with Gasteiger partial charge in [0.15, 0.2) is 0 Å². The van der Waals surface area contributed by atoms with Gasteiger partial charge in [-0.25, -0.2) is 43.9 Å². The molecule has 0 spiro atoms. The molecule has 0 aliphatic carbocycles. The van der Waals surface area contributed by atoms with Gasteiger partial charge in [-0.3, -0.25) is 9.80 Å². The summed E-state index contributed by atoms with van der Waals surface area (Å²) < 4.78 is 189. The van der Waals surface area contributed by atoms with E-state index in [9.17, 15) is 60.0 Å². The van der Waals surface area contributed by atoms with Gasteiger partial charge in [0.05, 0.1) is 45.0 Å². The van der Waals surface area contributed by atoms with Gasteiger partial charge in [-0.05, 0) is 123 Å². The molecule has 2 aliphatic rings. The third-order valence-electron chi connectivity index (χ3n) is 12.5. The number of benzene rings is 4. The summed E-state index contributed by atoms with van der Waals surface area (Å²) in [5, 5.41) is 10.1. The Morgan fingerprint density at radius 1 is 0.568 bits per heavy atom. The first-order chi connectivity index (χ1) is 34.6. The molecule has 14 nitrogen and oxygen atoms in total. The van der Waals surface area contributed by atoms with E-state index in [1.54, 1.807) is 0 Å². The smallest absolute Gasteiger partial charge is 0.376 e. The molecule has 26 heteroatoms. The highest BCUT2D eigenvalue weighted by Gasteiger charge is 2.49. The SMILES string of the molecule is CC[C@@H]1CN(CC[C@H](CSc2ccccc2)Cc2ccc(S(N)(=O)=O)cc2S(=O)(=O)C(F)(F)F)CCO1.CC[C@H]1CN(CC[C@H](CSc2ccccc2)Cc2ccc(S(N)(=O)=O)cc2S(=O)(=O)C(F)(F)F)CCO1. The van der Waals surface area contributed by atoms with Gasteiger partial charge in [0.25, 0.3) is 19.7 Å². The zero-order valence-corrected chi connectivity index (χ0v) is 45.6. The molecule has 0 unspecified atom stereocenters. The number of sulfone groups is 2. The van der Waals surface area contributed by atoms with Crippen LogP contribution in [-0.2, 0) is 62.0 Å². The van der Waals surface area contributed by atoms with Gasteiger partial charge in [-0.2, -0.15) is 26.3 Å². The van der Waals surface area contributed by atoms with Crippen LogP contribution in [0.4, 0.5) is 26.3 Å². The fourth-order valence-corrected chi connectivity index (χ4v) is 13.7. The number of primary sulfonamides is 2. The van der Waals surface area contributed by atoms with Gasteiger partial charge in [0, 0.05) is 47.5 Å². The van der Waals surface area contributed by atoms with Crippen LogP contribution in [0.2, 0.25) is 0 Å². The van der Waals surface area contributed by atoms with Crippen LogP contribution in [0, 0.1) is 11.8 Å². The molecule has 74 heavy (non-hydrogen) atoms. The summed E-state index contributed by atoms with van der Waals surface area (Å²) in [5.41, 5.74) is -11.3. The molecule has 0 radical (unpaired) electrons. The van der Waals surface area contributed by atoms with Gasteiger partial charge in [0.2, 0.25) is 20.0 Å². The summed E-state index contributed by atoms with van der Waals surface area (Å²) in [6.45, 7) is 9.64. The molecule has 2 fully saturated rings. The van der Waals surface area contributed by atoms with Crippen LogP contribution >= 0.6 is 23.5 Å². The van der Waals surface area contributed by atoms with Gasteiger partial charge < -0.3 is 9.47 Å². The van der Waals surface area contributed by atoms with Crippen molar-refractivity contribution >= 4 is 63.2 Å². The predicted octanol–water partition coefficient (Wildman–Crippen LogP) is 8.16. The molecule has 0 bridgehead atoms. The molecular formula is C48H62F6N4O10S6. The van der Waals surface area contributed by atoms with Crippen molar-refractivity contribution in [2.75, 3.05) is 64.0 Å². The Morgan fingerprint density at radius 3 is 1.23 bits per heavy atom. The quantitative estimate of drug-likeness (QED) is 0.0562. The number of hydrogen-bond donors (Lipinski definition) is 2. The first-order valence-corrected chi connectivity index (χ1v) is 31.6. The summed E-state index contributed by atoms with van der Waals surface area (Å²) in [6, 6.07) is 24.4. The normalized spacial score (nSPS) is 18.6. The zero-order chi connectivity index (χ0) is 54.5. The maximum Gasteiger partial charge on any atom is 0.501 e. The Bertz CT molecular complexity index is 2710. The predicted molar refractivity (Wildman–Crippen MR) is 273 cm³/mol. The fraction of sp³-hybridized carbons (Fsp3) is 0.500. The second-order valence-corrected chi connectivity index (χ2v) is 27.0. The summed E-state index contributed by atoms with van der Waals surface area (Å²) in [7, 11) is -20.4. The molecule has 412 valence electrons. The molecule has 4 aromatic rings. The molecule has 0 saturated carbocycles. The standard InChI is InChI=1S/2C24H31F3N2O5S3/c2*1-2-20-16-29(12-13-34-20)11-10-18(17-35-21-6-4-3-5-7-21)14-19-8-9-22(37(28,32)33)15-23(19)36(30,31)24(25,26)27/h2*3-9,15,18,20H,2,10-14,16-17H2,1H3,(H2,28,32,33)/t18-,20+;18-,20-/m00/s1. The Balaban J connectivity index is 0.000000274. The molecular weight excluding hydrogens is 1100 g/mol. The number of ether oxygens (including phenoxy) is 2. The van der Waals surface area contributed by atoms with E-state index in [0.717, 1.165) is 73.1 Å². The molecule has 4 N–H and O–H groups in total. The maximum atomic E-state index is 13.5. The second kappa shape index (κ2) is 26.9. The van der Waals surface area contributed by atoms with Crippen LogP contribution in [0.15, 0.2) is 126 Å². The summed E-state index contributed by atoms with van der Waals surface area (Å²) in [4.78, 5) is 2.94. The number of thioether (sulfide) groups is 2. The highest BCUT2D eigenvalue weighted by molar-refractivity contribution is 7.99. The third-order valence-corrected chi connectivity index (χ3v) is 19.9. The maximum absolute atomic E-state index is 13.5. The van der Waals surface area contributed by atoms with Gasteiger partial charge >= 0.3 is 11.0 Å². The Morgan fingerprint density at radius 2 is 0.919 bits per heavy atom. The minimum Gasteiger partial charge on any atom is -0.376 e. The van der Waals surface area contributed by atoms with E-state index in [1.165, 1.54) is 23.5 Å². The number of halogens is 6. The minimum absolute atomic E-state index is 0.0247. The number of sulfonamides is 2. The van der Waals surface area contributed by atoms with Crippen molar-refractivity contribution < 1.29 is 69.5 Å². The summed E-state index contributed by atoms with van der Waals surface area (Å²) in [6.07, 6.45) is 3.27. The van der Waals surface area contributed by atoms with Crippen molar-refractivity contribution in [2.45, 2.75) is 105 Å². The molecule has 2 saturated heterocycles. The molecule has 0 amide bonds. The lowest BCUT2D eigenvalue weighted by Gasteiger charge is -2.33. The number of alkyl halides is 6. The summed E-state index contributed by atoms with van der Waals surface area (Å²) >= 11 is 3.07. The van der Waals surface area contributed by atoms with Crippen molar-refractivity contribution in [1.82, 2.24) is 9.80 Å². The molecule has 4 atom stereocenters. The van der Waals surface area contributed by atoms with E-state index >= 15 is 0 Å². The highest BCUT2D eigenvalue weighted by atomic mass is 32.2. The summed E-state index contributed by atoms with van der Waals surface area (Å²) in [5.74, 6) is 0.702. The second-order valence-electron chi connectivity index (χ2n) is 17.9. The molecule has 0 aromatic heterocycles. The number of nitrogens with two attached hydrogens (primary N) is 2. The third kappa shape index (κ3) is 17.9. The number of morpholine rings is 2. The average molecular weight is 1160 g/mol. The van der Waals surface area contributed by atoms with Gasteiger partial charge in [0.1, 0.15) is 0 Å². The van der Waals surface area contributed by atoms with E-state index in [4.69, 9.17) is 19.8 Å². The van der Waals surface area contributed by atoms with Crippen LogP contribution in [0.25, 0.3) is 0 Å². The molecule has 2 aliphatic heterocycles. The number of rotatable bonds is 22. The molecule has 6 rings (SSSR count). The lowest BCUT2D eigenvalue weighted by atomic mass is 9.97. The van der Waals surface area contributed by atoms with Crippen LogP contribution in [0.3, 0.4) is 0 Å². The van der Waals surface area contributed by atoms with E-state index in [2.05, 4.69) is 9.80 Å². The van der Waals surface area contributed by atoms with E-state index in [0.29, 0.717) is 62.8 Å². The highest BCUT2D eigenvalue weighted by Crippen LogP contribution is 2.37. The lowest BCUT2D eigenvalue weighted by Crippen LogP contribution is -2.43. The zero-order valence-electron chi connectivity index (χ0n) is 40.7. The van der Waals surface area contributed by atoms with Crippen molar-refractivity contribution in [2.24, 2.45) is 22.1 Å². The Labute approximate surface area is 439 Å². The van der Waals surface area contributed by atoms with Gasteiger partial charge in [-0.15, -0.1) is 23.5 Å². The van der Waals surface area contributed by atoms with Crippen molar-refractivity contribution in [1.29, 1.82) is 0 Å². The lowest BCUT2D eigenvalue weighted by molar-refractivity contribution is -0.0442. The van der Waals surface area contributed by atoms with Crippen LogP contribution in [0.1, 0.15) is 50.7 Å². The van der Waals surface area contributed by atoms with Crippen LogP contribution in [0.5, 0.6) is 0 Å². The Hall–Kier alpha value is -3.28. The van der Waals surface area contributed by atoms with E-state index in [1.807, 2.05) is 74.5 Å². The van der Waals surface area contributed by atoms with E-state index in [-0.39, 0.29) is 48.0 Å². The minimum atomic E-state index is -5.80. The van der Waals surface area contributed by atoms with Crippen molar-refractivity contribution in [3.8, 4) is 0 Å². The van der Waals surface area contributed by atoms with Crippen molar-refractivity contribution in [3.05, 3.63) is 108 Å². The fourth-order valence-electron chi connectivity index (χ4n) is 8.27. The molecule has 4 aromatic carbocycles. The van der Waals surface area contributed by atoms with Gasteiger partial charge in [-0.1, -0.05) is 62.4 Å². The van der Waals surface area contributed by atoms with Crippen LogP contribution < -0.4 is 10.3 Å². The van der Waals surface area contributed by atoms with Crippen molar-refractivity contribution in [3.63, 3.8) is 0 Å².